The zero-order chi connectivity index (χ0) is 8.36. The molecule has 1 atom stereocenters. The summed E-state index contributed by atoms with van der Waals surface area (Å²) in [6.45, 7) is 0. The summed E-state index contributed by atoms with van der Waals surface area (Å²) in [5, 5.41) is 16.3. The van der Waals surface area contributed by atoms with Crippen LogP contribution in [0.4, 0.5) is 0 Å². The maximum absolute atomic E-state index is 10.1. The van der Waals surface area contributed by atoms with Gasteiger partial charge in [-0.15, -0.1) is 0 Å². The van der Waals surface area contributed by atoms with Gasteiger partial charge in [-0.2, -0.15) is 0 Å². The van der Waals surface area contributed by atoms with Crippen LogP contribution in [-0.4, -0.2) is 43.3 Å². The van der Waals surface area contributed by atoms with Gasteiger partial charge in [-0.05, 0) is 0 Å². The van der Waals surface area contributed by atoms with Crippen LogP contribution in [0.1, 0.15) is 6.42 Å². The van der Waals surface area contributed by atoms with Gasteiger partial charge >= 0.3 is 5.97 Å². The largest absolute Gasteiger partial charge is 0.481 e. The Hall–Kier alpha value is -0.480. The quantitative estimate of drug-likeness (QED) is 0.361. The van der Waals surface area contributed by atoms with Crippen molar-refractivity contribution in [3.05, 3.63) is 0 Å². The first-order chi connectivity index (χ1) is 4.34. The number of nitrogens with two attached hydrogens (primary N) is 1. The summed E-state index contributed by atoms with van der Waals surface area (Å²) in [6, 6.07) is -0.704. The maximum Gasteiger partial charge on any atom is 0.304 e. The molecule has 4 N–H and O–H groups in total. The van der Waals surface area contributed by atoms with Crippen LogP contribution in [0.25, 0.3) is 0 Å². The molecule has 0 aliphatic rings. The number of aliphatic hydroxyl groups is 1. The Morgan fingerprint density at radius 2 is 2.10 bits per heavy atom. The number of hydrogen-bond donors (Lipinski definition) is 3. The SMILES string of the molecule is BC(B)(O)C(N)CC(=O)O. The molecule has 0 aromatic rings. The van der Waals surface area contributed by atoms with Gasteiger partial charge in [0.2, 0.25) is 0 Å². The van der Waals surface area contributed by atoms with Gasteiger partial charge in [0.05, 0.1) is 6.42 Å². The van der Waals surface area contributed by atoms with E-state index in [2.05, 4.69) is 0 Å². The molecule has 4 nitrogen and oxygen atoms in total. The van der Waals surface area contributed by atoms with Crippen molar-refractivity contribution in [2.45, 2.75) is 17.9 Å². The summed E-state index contributed by atoms with van der Waals surface area (Å²) >= 11 is 0. The van der Waals surface area contributed by atoms with Crippen molar-refractivity contribution in [1.82, 2.24) is 0 Å². The van der Waals surface area contributed by atoms with Crippen LogP contribution >= 0.6 is 0 Å². The van der Waals surface area contributed by atoms with Gasteiger partial charge in [-0.25, -0.2) is 0 Å². The lowest BCUT2D eigenvalue weighted by atomic mass is 9.60. The summed E-state index contributed by atoms with van der Waals surface area (Å²) in [7, 11) is 2.97. The van der Waals surface area contributed by atoms with Crippen LogP contribution < -0.4 is 5.73 Å². The van der Waals surface area contributed by atoms with Crippen molar-refractivity contribution in [2.75, 3.05) is 0 Å². The van der Waals surface area contributed by atoms with E-state index in [1.165, 1.54) is 15.7 Å². The first-order valence-corrected chi connectivity index (χ1v) is 3.04. The van der Waals surface area contributed by atoms with Gasteiger partial charge in [0.1, 0.15) is 15.7 Å². The molecule has 0 rings (SSSR count). The van der Waals surface area contributed by atoms with Crippen molar-refractivity contribution in [1.29, 1.82) is 0 Å². The third kappa shape index (κ3) is 3.53. The second-order valence-corrected chi connectivity index (χ2v) is 2.86. The molecule has 0 bridgehead atoms. The monoisotopic (exact) mass is 143 g/mol. The van der Waals surface area contributed by atoms with Crippen LogP contribution in [-0.2, 0) is 4.79 Å². The molecule has 0 saturated carbocycles. The van der Waals surface area contributed by atoms with E-state index in [1.807, 2.05) is 0 Å². The second-order valence-electron chi connectivity index (χ2n) is 2.86. The lowest BCUT2D eigenvalue weighted by molar-refractivity contribution is -0.137. The molecule has 0 aromatic carbocycles. The Bertz CT molecular complexity index is 133. The van der Waals surface area contributed by atoms with E-state index in [0.29, 0.717) is 0 Å². The fourth-order valence-electron chi connectivity index (χ4n) is 0.438. The minimum Gasteiger partial charge on any atom is -0.481 e. The van der Waals surface area contributed by atoms with Crippen molar-refractivity contribution < 1.29 is 15.0 Å². The average Bonchev–Trinajstić information content (AvgIpc) is 1.60. The van der Waals surface area contributed by atoms with Crippen molar-refractivity contribution in [2.24, 2.45) is 5.73 Å². The molecule has 1 unspecified atom stereocenters. The zero-order valence-corrected chi connectivity index (χ0v) is 6.16. The molecular weight excluding hydrogens is 132 g/mol. The Labute approximate surface area is 61.2 Å². The molecule has 0 aliphatic heterocycles. The predicted molar refractivity (Wildman–Crippen MR) is 42.3 cm³/mol. The van der Waals surface area contributed by atoms with Crippen LogP contribution in [0.5, 0.6) is 0 Å². The Morgan fingerprint density at radius 1 is 1.70 bits per heavy atom. The second kappa shape index (κ2) is 3.07. The third-order valence-corrected chi connectivity index (χ3v) is 1.30. The van der Waals surface area contributed by atoms with E-state index in [1.54, 1.807) is 0 Å². The molecular formula is C4H11B2NO3. The molecule has 0 aromatic heterocycles. The minimum absolute atomic E-state index is 0.205. The molecule has 0 spiro atoms. The van der Waals surface area contributed by atoms with Gasteiger partial charge in [-0.1, -0.05) is 0 Å². The molecule has 0 radical (unpaired) electrons. The summed E-state index contributed by atoms with van der Waals surface area (Å²) < 4.78 is 0. The normalized spacial score (nSPS) is 14.6. The number of aliphatic carboxylic acids is 1. The van der Waals surface area contributed by atoms with E-state index in [9.17, 15) is 4.79 Å². The van der Waals surface area contributed by atoms with Gasteiger partial charge in [0.15, 0.2) is 0 Å². The summed E-state index contributed by atoms with van der Waals surface area (Å²) in [5.74, 6) is -0.991. The molecule has 0 fully saturated rings. The molecule has 56 valence electrons. The highest BCUT2D eigenvalue weighted by atomic mass is 16.4. The Kier molecular flexibility index (Phi) is 2.93. The standard InChI is InChI=1S/C4H11B2NO3/c5-4(6,10)2(7)1-3(8)9/h2,10H,1,5-7H2,(H,8,9). The van der Waals surface area contributed by atoms with Crippen LogP contribution in [0, 0.1) is 0 Å². The van der Waals surface area contributed by atoms with Crippen molar-refractivity contribution >= 4 is 21.7 Å². The zero-order valence-electron chi connectivity index (χ0n) is 6.16. The van der Waals surface area contributed by atoms with E-state index in [4.69, 9.17) is 15.9 Å². The van der Waals surface area contributed by atoms with Gasteiger partial charge in [0.25, 0.3) is 0 Å². The first-order valence-electron chi connectivity index (χ1n) is 3.04. The highest BCUT2D eigenvalue weighted by molar-refractivity contribution is 6.39. The molecule has 0 amide bonds. The van der Waals surface area contributed by atoms with Gasteiger partial charge in [0, 0.05) is 11.4 Å². The smallest absolute Gasteiger partial charge is 0.304 e. The van der Waals surface area contributed by atoms with Gasteiger partial charge < -0.3 is 15.9 Å². The Morgan fingerprint density at radius 3 is 2.20 bits per heavy atom. The number of rotatable bonds is 3. The van der Waals surface area contributed by atoms with Crippen LogP contribution in [0.15, 0.2) is 0 Å². The van der Waals surface area contributed by atoms with Crippen molar-refractivity contribution in [3.8, 4) is 0 Å². The van der Waals surface area contributed by atoms with E-state index >= 15 is 0 Å². The molecule has 0 heterocycles. The third-order valence-electron chi connectivity index (χ3n) is 1.30. The fraction of sp³-hybridized carbons (Fsp3) is 0.750. The van der Waals surface area contributed by atoms with Crippen LogP contribution in [0.2, 0.25) is 0 Å². The fourth-order valence-corrected chi connectivity index (χ4v) is 0.438. The maximum atomic E-state index is 10.1. The predicted octanol–water partition coefficient (Wildman–Crippen LogP) is -3.30. The summed E-state index contributed by atoms with van der Waals surface area (Å²) in [5.41, 5.74) is 5.32. The number of carboxylic acids is 1. The molecule has 0 aliphatic carbocycles. The Balaban J connectivity index is 3.85. The summed E-state index contributed by atoms with van der Waals surface area (Å²) in [4.78, 5) is 10.1. The van der Waals surface area contributed by atoms with Crippen LogP contribution in [0.3, 0.4) is 0 Å². The minimum atomic E-state index is -1.11. The topological polar surface area (TPSA) is 83.5 Å². The van der Waals surface area contributed by atoms with Gasteiger partial charge in [-0.3, -0.25) is 4.79 Å². The average molecular weight is 143 g/mol. The molecule has 10 heavy (non-hydrogen) atoms. The lowest BCUT2D eigenvalue weighted by Crippen LogP contribution is -2.50. The lowest BCUT2D eigenvalue weighted by Gasteiger charge is -2.24. The number of carboxylic acid groups (broad SMARTS) is 1. The van der Waals surface area contributed by atoms with Crippen molar-refractivity contribution in [3.63, 3.8) is 0 Å². The number of hydrogen-bond acceptors (Lipinski definition) is 3. The van der Waals surface area contributed by atoms with E-state index in [0.717, 1.165) is 0 Å². The van der Waals surface area contributed by atoms with E-state index < -0.39 is 17.4 Å². The molecule has 6 heteroatoms. The summed E-state index contributed by atoms with van der Waals surface area (Å²) in [6.07, 6.45) is -0.205. The highest BCUT2D eigenvalue weighted by Crippen LogP contribution is 2.01. The first kappa shape index (κ1) is 9.52. The van der Waals surface area contributed by atoms with E-state index in [-0.39, 0.29) is 6.42 Å². The molecule has 0 saturated heterocycles. The number of carbonyl (C=O) groups is 1. The highest BCUT2D eigenvalue weighted by Gasteiger charge is 2.24.